The number of aliphatic hydroxyl groups excluding tert-OH is 1. The summed E-state index contributed by atoms with van der Waals surface area (Å²) in [5.41, 5.74) is 2.74. The van der Waals surface area contributed by atoms with Crippen LogP contribution in [0.2, 0.25) is 0 Å². The molecule has 2 atom stereocenters. The Labute approximate surface area is 140 Å². The number of carbonyl (C=O) groups excluding carboxylic acids is 1. The number of benzene rings is 1. The second kappa shape index (κ2) is 6.68. The Kier molecular flexibility index (Phi) is 4.63. The van der Waals surface area contributed by atoms with Gasteiger partial charge in [-0.25, -0.2) is 9.78 Å². The van der Waals surface area contributed by atoms with Gasteiger partial charge in [-0.15, -0.1) is 11.3 Å². The Morgan fingerprint density at radius 1 is 1.39 bits per heavy atom. The number of nitrogens with one attached hydrogen (secondary N) is 1. The van der Waals surface area contributed by atoms with E-state index < -0.39 is 6.10 Å². The summed E-state index contributed by atoms with van der Waals surface area (Å²) in [7, 11) is 0. The van der Waals surface area contributed by atoms with Crippen molar-refractivity contribution >= 4 is 23.1 Å². The van der Waals surface area contributed by atoms with E-state index in [1.54, 1.807) is 16.2 Å². The topological polar surface area (TPSA) is 65.5 Å². The summed E-state index contributed by atoms with van der Waals surface area (Å²) in [6.07, 6.45) is 0.390. The molecule has 122 valence electrons. The predicted octanol–water partition coefficient (Wildman–Crippen LogP) is 3.35. The molecule has 0 radical (unpaired) electrons. The van der Waals surface area contributed by atoms with Crippen LogP contribution in [0.25, 0.3) is 11.3 Å². The number of amides is 2. The number of thiazole rings is 1. The Morgan fingerprint density at radius 2 is 2.13 bits per heavy atom. The largest absolute Gasteiger partial charge is 0.391 e. The summed E-state index contributed by atoms with van der Waals surface area (Å²) in [5, 5.41) is 15.9. The summed E-state index contributed by atoms with van der Waals surface area (Å²) in [6, 6.07) is 7.51. The highest BCUT2D eigenvalue weighted by Gasteiger charge is 2.27. The van der Waals surface area contributed by atoms with Gasteiger partial charge in [0.1, 0.15) is 0 Å². The van der Waals surface area contributed by atoms with E-state index in [9.17, 15) is 9.90 Å². The first-order valence-electron chi connectivity index (χ1n) is 7.79. The molecule has 2 heterocycles. The fourth-order valence-corrected chi connectivity index (χ4v) is 3.28. The summed E-state index contributed by atoms with van der Waals surface area (Å²) < 4.78 is 0. The number of aliphatic hydroxyl groups is 1. The average Bonchev–Trinajstić information content (AvgIpc) is 2.97. The molecule has 0 saturated carbocycles. The lowest BCUT2D eigenvalue weighted by molar-refractivity contribution is 0.0464. The van der Waals surface area contributed by atoms with Gasteiger partial charge in [0.2, 0.25) is 0 Å². The number of rotatable bonds is 2. The van der Waals surface area contributed by atoms with Crippen molar-refractivity contribution in [3.63, 3.8) is 0 Å². The minimum absolute atomic E-state index is 0.159. The molecule has 2 unspecified atom stereocenters. The number of aromatic nitrogens is 1. The smallest absolute Gasteiger partial charge is 0.321 e. The number of likely N-dealkylation sites (tertiary alicyclic amines) is 1. The van der Waals surface area contributed by atoms with Crippen molar-refractivity contribution in [3.8, 4) is 11.3 Å². The maximum atomic E-state index is 12.3. The van der Waals surface area contributed by atoms with Crippen LogP contribution in [0.3, 0.4) is 0 Å². The summed E-state index contributed by atoms with van der Waals surface area (Å²) in [4.78, 5) is 18.4. The Hall–Kier alpha value is -1.92. The van der Waals surface area contributed by atoms with E-state index in [2.05, 4.69) is 10.3 Å². The molecule has 5 nitrogen and oxygen atoms in total. The molecular weight excluding hydrogens is 310 g/mol. The molecular formula is C17H21N3O2S. The van der Waals surface area contributed by atoms with E-state index in [0.717, 1.165) is 28.4 Å². The van der Waals surface area contributed by atoms with Gasteiger partial charge in [0.15, 0.2) is 0 Å². The second-order valence-corrected chi connectivity index (χ2v) is 7.10. The number of aryl methyl sites for hydroxylation is 1. The van der Waals surface area contributed by atoms with Gasteiger partial charge >= 0.3 is 6.03 Å². The van der Waals surface area contributed by atoms with E-state index in [1.807, 2.05) is 43.5 Å². The number of carbonyl (C=O) groups is 1. The van der Waals surface area contributed by atoms with Crippen LogP contribution in [0.5, 0.6) is 0 Å². The number of piperidine rings is 1. The maximum Gasteiger partial charge on any atom is 0.321 e. The van der Waals surface area contributed by atoms with Crippen molar-refractivity contribution in [1.82, 2.24) is 9.88 Å². The fraction of sp³-hybridized carbons (Fsp3) is 0.412. The SMILES string of the molecule is Cc1nc(-c2ccc(NC(=O)N3CCC(C)C(O)C3)cc2)cs1. The Bertz CT molecular complexity index is 683. The summed E-state index contributed by atoms with van der Waals surface area (Å²) in [5.74, 6) is 0.250. The van der Waals surface area contributed by atoms with Gasteiger partial charge < -0.3 is 15.3 Å². The fourth-order valence-electron chi connectivity index (χ4n) is 2.66. The lowest BCUT2D eigenvalue weighted by Crippen LogP contribution is -2.47. The van der Waals surface area contributed by atoms with Gasteiger partial charge in [-0.3, -0.25) is 0 Å². The lowest BCUT2D eigenvalue weighted by atomic mass is 9.96. The van der Waals surface area contributed by atoms with Crippen molar-refractivity contribution in [1.29, 1.82) is 0 Å². The van der Waals surface area contributed by atoms with Gasteiger partial charge in [-0.1, -0.05) is 19.1 Å². The van der Waals surface area contributed by atoms with Gasteiger partial charge in [0.25, 0.3) is 0 Å². The molecule has 0 spiro atoms. The van der Waals surface area contributed by atoms with E-state index in [1.165, 1.54) is 0 Å². The Morgan fingerprint density at radius 3 is 2.74 bits per heavy atom. The monoisotopic (exact) mass is 331 g/mol. The normalized spacial score (nSPS) is 21.3. The number of urea groups is 1. The van der Waals surface area contributed by atoms with Crippen molar-refractivity contribution in [2.45, 2.75) is 26.4 Å². The highest BCUT2D eigenvalue weighted by atomic mass is 32.1. The van der Waals surface area contributed by atoms with Crippen LogP contribution < -0.4 is 5.32 Å². The Balaban J connectivity index is 1.63. The van der Waals surface area contributed by atoms with Crippen LogP contribution in [0.1, 0.15) is 18.4 Å². The van der Waals surface area contributed by atoms with Crippen LogP contribution in [-0.2, 0) is 0 Å². The highest BCUT2D eigenvalue weighted by Crippen LogP contribution is 2.23. The van der Waals surface area contributed by atoms with E-state index in [4.69, 9.17) is 0 Å². The van der Waals surface area contributed by atoms with Crippen LogP contribution in [0, 0.1) is 12.8 Å². The molecule has 1 fully saturated rings. The number of hydrogen-bond donors (Lipinski definition) is 2. The highest BCUT2D eigenvalue weighted by molar-refractivity contribution is 7.09. The van der Waals surface area contributed by atoms with E-state index in [-0.39, 0.29) is 11.9 Å². The van der Waals surface area contributed by atoms with Crippen molar-refractivity contribution in [2.75, 3.05) is 18.4 Å². The molecule has 0 bridgehead atoms. The molecule has 3 rings (SSSR count). The first-order chi connectivity index (χ1) is 11.0. The van der Waals surface area contributed by atoms with Crippen LogP contribution >= 0.6 is 11.3 Å². The van der Waals surface area contributed by atoms with E-state index in [0.29, 0.717) is 13.1 Å². The number of hydrogen-bond acceptors (Lipinski definition) is 4. The molecule has 1 aliphatic rings. The quantitative estimate of drug-likeness (QED) is 0.887. The molecule has 1 saturated heterocycles. The third kappa shape index (κ3) is 3.71. The van der Waals surface area contributed by atoms with Gasteiger partial charge in [-0.05, 0) is 31.4 Å². The molecule has 23 heavy (non-hydrogen) atoms. The first kappa shape index (κ1) is 16.0. The van der Waals surface area contributed by atoms with Crippen LogP contribution in [0.15, 0.2) is 29.6 Å². The number of nitrogens with zero attached hydrogens (tertiary/aromatic N) is 2. The van der Waals surface area contributed by atoms with Crippen LogP contribution in [0.4, 0.5) is 10.5 Å². The molecule has 2 N–H and O–H groups in total. The third-order valence-electron chi connectivity index (χ3n) is 4.26. The summed E-state index contributed by atoms with van der Waals surface area (Å²) in [6.45, 7) is 5.07. The lowest BCUT2D eigenvalue weighted by Gasteiger charge is -2.34. The minimum atomic E-state index is -0.440. The molecule has 6 heteroatoms. The maximum absolute atomic E-state index is 12.3. The van der Waals surface area contributed by atoms with Crippen molar-refractivity contribution < 1.29 is 9.90 Å². The van der Waals surface area contributed by atoms with Gasteiger partial charge in [0.05, 0.1) is 16.8 Å². The molecule has 0 aliphatic carbocycles. The average molecular weight is 331 g/mol. The standard InChI is InChI=1S/C17H21N3O2S/c1-11-7-8-20(9-16(11)21)17(22)19-14-5-3-13(4-6-14)15-10-23-12(2)18-15/h3-6,10-11,16,21H,7-9H2,1-2H3,(H,19,22). The summed E-state index contributed by atoms with van der Waals surface area (Å²) >= 11 is 1.62. The van der Waals surface area contributed by atoms with Crippen molar-refractivity contribution in [3.05, 3.63) is 34.7 Å². The zero-order valence-electron chi connectivity index (χ0n) is 13.3. The number of β-amino-alcohol motifs (C(OH)–C–C–N with tert-alkyl or cyclic N) is 1. The minimum Gasteiger partial charge on any atom is -0.391 e. The first-order valence-corrected chi connectivity index (χ1v) is 8.67. The zero-order valence-corrected chi connectivity index (χ0v) is 14.1. The van der Waals surface area contributed by atoms with Crippen LogP contribution in [-0.4, -0.2) is 40.2 Å². The second-order valence-electron chi connectivity index (χ2n) is 6.04. The van der Waals surface area contributed by atoms with Gasteiger partial charge in [-0.2, -0.15) is 0 Å². The molecule has 1 aromatic carbocycles. The number of anilines is 1. The molecule has 2 amide bonds. The zero-order chi connectivity index (χ0) is 16.4. The predicted molar refractivity (Wildman–Crippen MR) is 92.7 cm³/mol. The molecule has 1 aliphatic heterocycles. The molecule has 2 aromatic rings. The van der Waals surface area contributed by atoms with Crippen molar-refractivity contribution in [2.24, 2.45) is 5.92 Å². The molecule has 1 aromatic heterocycles. The van der Waals surface area contributed by atoms with E-state index >= 15 is 0 Å². The van der Waals surface area contributed by atoms with Gasteiger partial charge in [0, 0.05) is 29.7 Å². The third-order valence-corrected chi connectivity index (χ3v) is 5.03.